The van der Waals surface area contributed by atoms with Crippen LogP contribution >= 0.6 is 11.6 Å². The van der Waals surface area contributed by atoms with E-state index in [1.165, 1.54) is 18.2 Å². The summed E-state index contributed by atoms with van der Waals surface area (Å²) in [5, 5.41) is 0.0155. The van der Waals surface area contributed by atoms with E-state index in [9.17, 15) is 8.78 Å². The molecule has 0 saturated carbocycles. The van der Waals surface area contributed by atoms with Crippen molar-refractivity contribution in [2.75, 3.05) is 6.54 Å². The molecule has 0 amide bonds. The number of rotatable bonds is 3. The first-order valence-electron chi connectivity index (χ1n) is 3.91. The summed E-state index contributed by atoms with van der Waals surface area (Å²) in [6.07, 6.45) is -0.919. The molecule has 13 heavy (non-hydrogen) atoms. The Labute approximate surface area is 80.5 Å². The number of hydrogen-bond acceptors (Lipinski definition) is 1. The van der Waals surface area contributed by atoms with E-state index in [2.05, 4.69) is 0 Å². The molecule has 1 unspecified atom stereocenters. The third kappa shape index (κ3) is 2.94. The van der Waals surface area contributed by atoms with Gasteiger partial charge in [0, 0.05) is 13.0 Å². The van der Waals surface area contributed by atoms with Gasteiger partial charge >= 0.3 is 0 Å². The monoisotopic (exact) mass is 205 g/mol. The zero-order chi connectivity index (χ0) is 9.84. The Kier molecular flexibility index (Phi) is 3.63. The minimum Gasteiger partial charge on any atom is -0.328 e. The second kappa shape index (κ2) is 4.53. The molecule has 1 aromatic rings. The Morgan fingerprint density at radius 2 is 2.15 bits per heavy atom. The van der Waals surface area contributed by atoms with E-state index in [0.29, 0.717) is 5.56 Å². The fourth-order valence-corrected chi connectivity index (χ4v) is 1.21. The minimum atomic E-state index is -1.10. The van der Waals surface area contributed by atoms with Crippen LogP contribution in [0.15, 0.2) is 18.2 Å². The van der Waals surface area contributed by atoms with Crippen molar-refractivity contribution in [1.82, 2.24) is 0 Å². The fourth-order valence-electron chi connectivity index (χ4n) is 1.01. The lowest BCUT2D eigenvalue weighted by molar-refractivity contribution is 0.340. The van der Waals surface area contributed by atoms with E-state index < -0.39 is 12.0 Å². The van der Waals surface area contributed by atoms with Gasteiger partial charge in [0.2, 0.25) is 0 Å². The molecule has 0 bridgehead atoms. The van der Waals surface area contributed by atoms with Gasteiger partial charge in [-0.25, -0.2) is 8.78 Å². The Morgan fingerprint density at radius 3 is 2.69 bits per heavy atom. The molecule has 0 radical (unpaired) electrons. The maximum atomic E-state index is 12.8. The van der Waals surface area contributed by atoms with Crippen molar-refractivity contribution >= 4 is 11.6 Å². The molecule has 4 heteroatoms. The van der Waals surface area contributed by atoms with Crippen LogP contribution in [0.1, 0.15) is 5.56 Å². The van der Waals surface area contributed by atoms with Crippen molar-refractivity contribution in [2.45, 2.75) is 12.6 Å². The summed E-state index contributed by atoms with van der Waals surface area (Å²) >= 11 is 5.51. The highest BCUT2D eigenvalue weighted by Crippen LogP contribution is 2.17. The van der Waals surface area contributed by atoms with E-state index in [4.69, 9.17) is 17.3 Å². The normalized spacial score (nSPS) is 12.9. The largest absolute Gasteiger partial charge is 0.328 e. The molecule has 0 aromatic heterocycles. The maximum absolute atomic E-state index is 12.8. The van der Waals surface area contributed by atoms with Crippen molar-refractivity contribution in [2.24, 2.45) is 5.73 Å². The van der Waals surface area contributed by atoms with Gasteiger partial charge in [-0.1, -0.05) is 17.7 Å². The van der Waals surface area contributed by atoms with Gasteiger partial charge in [-0.3, -0.25) is 0 Å². The second-order valence-electron chi connectivity index (χ2n) is 2.79. The highest BCUT2D eigenvalue weighted by molar-refractivity contribution is 6.30. The van der Waals surface area contributed by atoms with Gasteiger partial charge in [0.25, 0.3) is 0 Å². The third-order valence-electron chi connectivity index (χ3n) is 1.70. The van der Waals surface area contributed by atoms with Gasteiger partial charge in [0.1, 0.15) is 12.0 Å². The number of nitrogens with two attached hydrogens (primary N) is 1. The molecule has 0 heterocycles. The molecule has 1 rings (SSSR count). The van der Waals surface area contributed by atoms with Gasteiger partial charge in [-0.2, -0.15) is 0 Å². The fraction of sp³-hybridized carbons (Fsp3) is 0.333. The first-order chi connectivity index (χ1) is 6.13. The zero-order valence-electron chi connectivity index (χ0n) is 6.93. The highest BCUT2D eigenvalue weighted by Gasteiger charge is 2.07. The van der Waals surface area contributed by atoms with Crippen LogP contribution in [-0.4, -0.2) is 12.7 Å². The van der Waals surface area contributed by atoms with E-state index in [0.717, 1.165) is 0 Å². The predicted molar refractivity (Wildman–Crippen MR) is 49.1 cm³/mol. The van der Waals surface area contributed by atoms with Crippen LogP contribution in [-0.2, 0) is 6.42 Å². The van der Waals surface area contributed by atoms with Crippen LogP contribution in [0.25, 0.3) is 0 Å². The van der Waals surface area contributed by atoms with Gasteiger partial charge in [0.15, 0.2) is 0 Å². The lowest BCUT2D eigenvalue weighted by atomic mass is 10.1. The van der Waals surface area contributed by atoms with E-state index in [1.807, 2.05) is 0 Å². The topological polar surface area (TPSA) is 26.0 Å². The molecule has 2 N–H and O–H groups in total. The van der Waals surface area contributed by atoms with Gasteiger partial charge in [0.05, 0.1) is 5.02 Å². The van der Waals surface area contributed by atoms with Crippen molar-refractivity contribution < 1.29 is 8.78 Å². The summed E-state index contributed by atoms with van der Waals surface area (Å²) in [5.74, 6) is -0.492. The average molecular weight is 206 g/mol. The predicted octanol–water partition coefficient (Wildman–Crippen LogP) is 2.32. The molecule has 1 atom stereocenters. The van der Waals surface area contributed by atoms with E-state index in [-0.39, 0.29) is 18.0 Å². The first kappa shape index (κ1) is 10.4. The van der Waals surface area contributed by atoms with Crippen LogP contribution in [0.2, 0.25) is 5.02 Å². The molecule has 72 valence electrons. The minimum absolute atomic E-state index is 0.0155. The van der Waals surface area contributed by atoms with Crippen LogP contribution in [0.3, 0.4) is 0 Å². The Morgan fingerprint density at radius 1 is 1.46 bits per heavy atom. The Balaban J connectivity index is 2.73. The molecular weight excluding hydrogens is 196 g/mol. The lowest BCUT2D eigenvalue weighted by Crippen LogP contribution is -2.17. The van der Waals surface area contributed by atoms with Gasteiger partial charge in [-0.05, 0) is 17.7 Å². The summed E-state index contributed by atoms with van der Waals surface area (Å²) in [7, 11) is 0. The standard InChI is InChI=1S/C9H10ClF2N/c10-8-4-6(1-2-9(8)12)3-7(11)5-13/h1-2,4,7H,3,5,13H2. The van der Waals surface area contributed by atoms with Gasteiger partial charge < -0.3 is 5.73 Å². The molecular formula is C9H10ClF2N. The summed E-state index contributed by atoms with van der Waals surface area (Å²) in [6, 6.07) is 4.14. The molecule has 0 aliphatic carbocycles. The summed E-state index contributed by atoms with van der Waals surface area (Å²) in [4.78, 5) is 0. The zero-order valence-corrected chi connectivity index (χ0v) is 7.69. The average Bonchev–Trinajstić information content (AvgIpc) is 2.11. The Bertz CT molecular complexity index is 291. The molecule has 0 saturated heterocycles. The molecule has 0 aliphatic heterocycles. The van der Waals surface area contributed by atoms with Crippen molar-refractivity contribution in [3.8, 4) is 0 Å². The first-order valence-corrected chi connectivity index (χ1v) is 4.29. The van der Waals surface area contributed by atoms with Gasteiger partial charge in [-0.15, -0.1) is 0 Å². The van der Waals surface area contributed by atoms with E-state index in [1.54, 1.807) is 0 Å². The van der Waals surface area contributed by atoms with Crippen LogP contribution in [0, 0.1) is 5.82 Å². The molecule has 0 aliphatic rings. The number of benzene rings is 1. The number of hydrogen-bond donors (Lipinski definition) is 1. The molecule has 1 nitrogen and oxygen atoms in total. The molecule has 0 spiro atoms. The summed E-state index contributed by atoms with van der Waals surface area (Å²) < 4.78 is 25.5. The lowest BCUT2D eigenvalue weighted by Gasteiger charge is -2.05. The summed E-state index contributed by atoms with van der Waals surface area (Å²) in [6.45, 7) is -0.0327. The third-order valence-corrected chi connectivity index (χ3v) is 1.99. The maximum Gasteiger partial charge on any atom is 0.141 e. The molecule has 1 aromatic carbocycles. The van der Waals surface area contributed by atoms with Crippen LogP contribution < -0.4 is 5.73 Å². The van der Waals surface area contributed by atoms with Crippen LogP contribution in [0.5, 0.6) is 0 Å². The highest BCUT2D eigenvalue weighted by atomic mass is 35.5. The van der Waals surface area contributed by atoms with Crippen molar-refractivity contribution in [3.05, 3.63) is 34.6 Å². The number of alkyl halides is 1. The number of halogens is 3. The SMILES string of the molecule is NCC(F)Cc1ccc(F)c(Cl)c1. The van der Waals surface area contributed by atoms with Crippen LogP contribution in [0.4, 0.5) is 8.78 Å². The van der Waals surface area contributed by atoms with Crippen molar-refractivity contribution in [3.63, 3.8) is 0 Å². The smallest absolute Gasteiger partial charge is 0.141 e. The second-order valence-corrected chi connectivity index (χ2v) is 3.19. The Hall–Kier alpha value is -0.670. The molecule has 0 fully saturated rings. The summed E-state index contributed by atoms with van der Waals surface area (Å²) in [5.41, 5.74) is 5.76. The van der Waals surface area contributed by atoms with E-state index >= 15 is 0 Å². The quantitative estimate of drug-likeness (QED) is 0.805. The van der Waals surface area contributed by atoms with Crippen molar-refractivity contribution in [1.29, 1.82) is 0 Å².